The van der Waals surface area contributed by atoms with Gasteiger partial charge < -0.3 is 4.48 Å². The van der Waals surface area contributed by atoms with E-state index in [0.29, 0.717) is 0 Å². The van der Waals surface area contributed by atoms with Gasteiger partial charge in [-0.3, -0.25) is 0 Å². The molecule has 1 nitrogen and oxygen atoms in total. The maximum atomic E-state index is 2.29. The minimum absolute atomic E-state index is 1.13. The van der Waals surface area contributed by atoms with Crippen molar-refractivity contribution in [2.75, 3.05) is 27.7 Å². The van der Waals surface area contributed by atoms with Crippen LogP contribution in [-0.2, 0) is 0 Å². The van der Waals surface area contributed by atoms with E-state index >= 15 is 0 Å². The Kier molecular flexibility index (Phi) is 9.52. The van der Waals surface area contributed by atoms with E-state index in [1.165, 1.54) is 74.2 Å². The Bertz CT molecular complexity index is 129. The Morgan fingerprint density at radius 1 is 0.667 bits per heavy atom. The lowest BCUT2D eigenvalue weighted by Crippen LogP contribution is -2.35. The van der Waals surface area contributed by atoms with Crippen LogP contribution in [0.5, 0.6) is 0 Å². The van der Waals surface area contributed by atoms with Gasteiger partial charge >= 0.3 is 0 Å². The monoisotopic (exact) mass is 230 g/mol. The molecule has 0 aliphatic heterocycles. The summed E-state index contributed by atoms with van der Waals surface area (Å²) in [7, 11) is 8.26. The van der Waals surface area contributed by atoms with Gasteiger partial charge in [-0.05, 0) is 12.8 Å². The van der Waals surface area contributed by atoms with E-state index in [2.05, 4.69) is 21.1 Å². The Balaban J connectivity index is 2.99. The molecule has 0 rings (SSSR count). The summed E-state index contributed by atoms with van der Waals surface area (Å²) in [5, 5.41) is 0. The molecular weight excluding hydrogens is 198 g/mol. The third-order valence-electron chi connectivity index (χ3n) is 2.93. The minimum atomic E-state index is 1.13. The highest BCUT2D eigenvalue weighted by molar-refractivity contribution is 6.08. The van der Waals surface area contributed by atoms with Crippen molar-refractivity contribution < 1.29 is 4.48 Å². The van der Waals surface area contributed by atoms with Crippen LogP contribution < -0.4 is 0 Å². The molecule has 0 aliphatic carbocycles. The number of hydrogen-bond donors (Lipinski definition) is 0. The molecule has 0 aromatic heterocycles. The molecule has 0 atom stereocenters. The van der Waals surface area contributed by atoms with Crippen LogP contribution in [0, 0.1) is 0 Å². The van der Waals surface area contributed by atoms with Crippen molar-refractivity contribution in [2.45, 2.75) is 57.4 Å². The van der Waals surface area contributed by atoms with Crippen LogP contribution in [0.4, 0.5) is 0 Å². The lowest BCUT2D eigenvalue weighted by molar-refractivity contribution is -0.870. The first-order valence-corrected chi connectivity index (χ1v) is 8.28. The predicted molar refractivity (Wildman–Crippen MR) is 74.6 cm³/mol. The van der Waals surface area contributed by atoms with Crippen LogP contribution in [0.1, 0.15) is 51.4 Å². The molecule has 92 valence electrons. The minimum Gasteiger partial charge on any atom is -0.331 e. The highest BCUT2D eigenvalue weighted by Crippen LogP contribution is 2.10. The van der Waals surface area contributed by atoms with Gasteiger partial charge in [0.05, 0.1) is 27.7 Å². The van der Waals surface area contributed by atoms with Crippen molar-refractivity contribution in [1.82, 2.24) is 0 Å². The van der Waals surface area contributed by atoms with Gasteiger partial charge in [-0.25, -0.2) is 0 Å². The molecule has 0 heterocycles. The molecule has 0 amide bonds. The van der Waals surface area contributed by atoms with Crippen molar-refractivity contribution in [3.05, 3.63) is 0 Å². The summed E-state index contributed by atoms with van der Waals surface area (Å²) < 4.78 is 1.13. The lowest BCUT2D eigenvalue weighted by atomic mass is 10.1. The van der Waals surface area contributed by atoms with Crippen molar-refractivity contribution in [1.29, 1.82) is 0 Å². The fourth-order valence-electron chi connectivity index (χ4n) is 1.90. The molecule has 0 aromatic carbocycles. The number of quaternary nitrogens is 1. The molecular formula is C13H32NSi+. The van der Waals surface area contributed by atoms with Crippen LogP contribution in [0.15, 0.2) is 0 Å². The van der Waals surface area contributed by atoms with Crippen LogP contribution >= 0.6 is 0 Å². The standard InChI is InChI=1S/C13H32NSi/c1-14(2,3)12-10-8-6-4-5-7-9-11-13-15/h4-13H2,1-3,15H3/q+1. The van der Waals surface area contributed by atoms with Crippen molar-refractivity contribution in [3.63, 3.8) is 0 Å². The highest BCUT2D eigenvalue weighted by atomic mass is 28.1. The summed E-state index contributed by atoms with van der Waals surface area (Å²) in [6, 6.07) is 1.50. The van der Waals surface area contributed by atoms with Crippen molar-refractivity contribution >= 4 is 10.2 Å². The van der Waals surface area contributed by atoms with Crippen LogP contribution in [0.25, 0.3) is 0 Å². The molecule has 0 unspecified atom stereocenters. The molecule has 0 radical (unpaired) electrons. The van der Waals surface area contributed by atoms with Gasteiger partial charge in [-0.2, -0.15) is 0 Å². The second-order valence-corrected chi connectivity index (χ2v) is 6.84. The Hall–Kier alpha value is 0.177. The summed E-state index contributed by atoms with van der Waals surface area (Å²) in [5.41, 5.74) is 0. The highest BCUT2D eigenvalue weighted by Gasteiger charge is 2.04. The van der Waals surface area contributed by atoms with Gasteiger partial charge in [0.1, 0.15) is 0 Å². The first-order valence-electron chi connectivity index (χ1n) is 6.86. The van der Waals surface area contributed by atoms with E-state index < -0.39 is 0 Å². The molecule has 2 heteroatoms. The zero-order valence-corrected chi connectivity index (χ0v) is 13.5. The zero-order chi connectivity index (χ0) is 11.6. The predicted octanol–water partition coefficient (Wildman–Crippen LogP) is 2.60. The second kappa shape index (κ2) is 9.41. The quantitative estimate of drug-likeness (QED) is 0.307. The van der Waals surface area contributed by atoms with E-state index in [-0.39, 0.29) is 0 Å². The molecule has 0 aromatic rings. The number of unbranched alkanes of at least 4 members (excludes halogenated alkanes) is 7. The maximum Gasteiger partial charge on any atom is 0.0780 e. The summed E-state index contributed by atoms with van der Waals surface area (Å²) in [6.07, 6.45) is 11.7. The summed E-state index contributed by atoms with van der Waals surface area (Å²) >= 11 is 0. The largest absolute Gasteiger partial charge is 0.331 e. The first kappa shape index (κ1) is 15.2. The van der Waals surface area contributed by atoms with Gasteiger partial charge in [-0.15, -0.1) is 0 Å². The van der Waals surface area contributed by atoms with Crippen LogP contribution in [0.2, 0.25) is 6.04 Å². The number of hydrogen-bond acceptors (Lipinski definition) is 0. The fourth-order valence-corrected chi connectivity index (χ4v) is 2.40. The Morgan fingerprint density at radius 2 is 1.07 bits per heavy atom. The van der Waals surface area contributed by atoms with Crippen molar-refractivity contribution in [2.24, 2.45) is 0 Å². The number of rotatable bonds is 10. The smallest absolute Gasteiger partial charge is 0.0780 e. The van der Waals surface area contributed by atoms with E-state index in [0.717, 1.165) is 4.48 Å². The third kappa shape index (κ3) is 14.2. The third-order valence-corrected chi connectivity index (χ3v) is 3.64. The van der Waals surface area contributed by atoms with Gasteiger partial charge in [0.2, 0.25) is 0 Å². The molecule has 0 bridgehead atoms. The summed E-state index contributed by atoms with van der Waals surface area (Å²) in [6.45, 7) is 1.33. The Labute approximate surface area is 100 Å². The van der Waals surface area contributed by atoms with Crippen LogP contribution in [0.3, 0.4) is 0 Å². The van der Waals surface area contributed by atoms with Gasteiger partial charge in [-0.1, -0.05) is 44.6 Å². The fraction of sp³-hybridized carbons (Fsp3) is 1.00. The molecule has 0 saturated heterocycles. The SMILES string of the molecule is C[N+](C)(C)CCCCCCCCCC[SiH3]. The average Bonchev–Trinajstić information content (AvgIpc) is 2.14. The maximum absolute atomic E-state index is 2.29. The summed E-state index contributed by atoms with van der Waals surface area (Å²) in [5.74, 6) is 0. The normalized spacial score (nSPS) is 12.2. The molecule has 0 spiro atoms. The van der Waals surface area contributed by atoms with Crippen molar-refractivity contribution in [3.8, 4) is 0 Å². The molecule has 0 fully saturated rings. The zero-order valence-electron chi connectivity index (χ0n) is 11.5. The molecule has 0 aliphatic rings. The first-order chi connectivity index (χ1) is 7.06. The molecule has 15 heavy (non-hydrogen) atoms. The van der Waals surface area contributed by atoms with Crippen LogP contribution in [-0.4, -0.2) is 42.4 Å². The average molecular weight is 230 g/mol. The topological polar surface area (TPSA) is 0 Å². The van der Waals surface area contributed by atoms with Gasteiger partial charge in [0.15, 0.2) is 0 Å². The number of nitrogens with zero attached hydrogens (tertiary/aromatic N) is 1. The van der Waals surface area contributed by atoms with E-state index in [4.69, 9.17) is 0 Å². The van der Waals surface area contributed by atoms with Gasteiger partial charge in [0.25, 0.3) is 0 Å². The second-order valence-electron chi connectivity index (χ2n) is 5.84. The molecule has 0 saturated carbocycles. The summed E-state index contributed by atoms with van der Waals surface area (Å²) in [4.78, 5) is 0. The molecule has 0 N–H and O–H groups in total. The van der Waals surface area contributed by atoms with Gasteiger partial charge in [0, 0.05) is 10.2 Å². The van der Waals surface area contributed by atoms with E-state index in [1.54, 1.807) is 0 Å². The Morgan fingerprint density at radius 3 is 1.47 bits per heavy atom. The van der Waals surface area contributed by atoms with E-state index in [9.17, 15) is 0 Å². The lowest BCUT2D eigenvalue weighted by Gasteiger charge is -2.23. The van der Waals surface area contributed by atoms with E-state index in [1.807, 2.05) is 0 Å².